The molecule has 116 valence electrons. The van der Waals surface area contributed by atoms with E-state index < -0.39 is 9.15 Å². The lowest BCUT2D eigenvalue weighted by Gasteiger charge is -2.04. The van der Waals surface area contributed by atoms with Gasteiger partial charge in [0, 0.05) is 12.3 Å². The quantitative estimate of drug-likeness (QED) is 0.291. The van der Waals surface area contributed by atoms with Gasteiger partial charge in [-0.25, -0.2) is 0 Å². The van der Waals surface area contributed by atoms with Crippen LogP contribution in [0.3, 0.4) is 0 Å². The topological polar surface area (TPSA) is 66.4 Å². The third-order valence-electron chi connectivity index (χ3n) is 2.97. The minimum absolute atomic E-state index is 0.399. The van der Waals surface area contributed by atoms with Crippen molar-refractivity contribution in [2.75, 3.05) is 18.8 Å². The Bertz CT molecular complexity index is 282. The molecule has 0 aliphatic carbocycles. The van der Waals surface area contributed by atoms with Crippen LogP contribution >= 0.6 is 10.8 Å². The van der Waals surface area contributed by atoms with Gasteiger partial charge in [-0.05, 0) is 23.8 Å². The van der Waals surface area contributed by atoms with Gasteiger partial charge >= 0.3 is 9.15 Å². The van der Waals surface area contributed by atoms with Gasteiger partial charge in [-0.2, -0.15) is 8.42 Å². The number of unbranched alkanes of at least 4 members (excludes halogenated alkanes) is 8. The maximum absolute atomic E-state index is 10.4. The van der Waals surface area contributed by atoms with E-state index in [9.17, 15) is 8.42 Å². The molecule has 4 nitrogen and oxygen atoms in total. The summed E-state index contributed by atoms with van der Waals surface area (Å²) in [6.45, 7) is 3.80. The van der Waals surface area contributed by atoms with Gasteiger partial charge < -0.3 is 5.32 Å². The van der Waals surface area contributed by atoms with E-state index in [1.54, 1.807) is 0 Å². The van der Waals surface area contributed by atoms with Crippen LogP contribution in [0, 0.1) is 0 Å². The van der Waals surface area contributed by atoms with Crippen LogP contribution in [0.4, 0.5) is 0 Å². The molecule has 0 amide bonds. The number of nitrogens with one attached hydrogen (secondary N) is 1. The van der Waals surface area contributed by atoms with Crippen LogP contribution in [0.15, 0.2) is 0 Å². The Morgan fingerprint density at radius 2 is 1.42 bits per heavy atom. The smallest absolute Gasteiger partial charge is 0.316 e. The highest BCUT2D eigenvalue weighted by atomic mass is 33.1. The molecule has 0 aliphatic rings. The highest BCUT2D eigenvalue weighted by Crippen LogP contribution is 2.09. The average molecular weight is 312 g/mol. The molecule has 0 saturated heterocycles. The Labute approximate surface area is 122 Å². The fourth-order valence-corrected chi connectivity index (χ4v) is 3.22. The van der Waals surface area contributed by atoms with Gasteiger partial charge in [0.25, 0.3) is 0 Å². The normalized spacial score (nSPS) is 11.9. The van der Waals surface area contributed by atoms with Crippen LogP contribution < -0.4 is 5.32 Å². The standard InChI is InChI=1S/C13H29NO3S2/c1-2-3-4-5-6-7-8-9-10-11-14-12-13-18-19(15,16)17/h14H,2-13H2,1H3,(H,15,16,17). The predicted molar refractivity (Wildman–Crippen MR) is 84.1 cm³/mol. The van der Waals surface area contributed by atoms with Crippen LogP contribution in [0.5, 0.6) is 0 Å². The van der Waals surface area contributed by atoms with E-state index >= 15 is 0 Å². The molecule has 0 heterocycles. The van der Waals surface area contributed by atoms with Gasteiger partial charge in [0.2, 0.25) is 0 Å². The lowest BCUT2D eigenvalue weighted by atomic mass is 10.1. The Balaban J connectivity index is 3.03. The summed E-state index contributed by atoms with van der Waals surface area (Å²) in [7, 11) is -3.28. The van der Waals surface area contributed by atoms with E-state index in [4.69, 9.17) is 4.55 Å². The maximum atomic E-state index is 10.4. The number of hydrogen-bond donors (Lipinski definition) is 2. The zero-order valence-electron chi connectivity index (χ0n) is 12.1. The van der Waals surface area contributed by atoms with Gasteiger partial charge in [0.1, 0.15) is 0 Å². The van der Waals surface area contributed by atoms with Crippen molar-refractivity contribution in [3.63, 3.8) is 0 Å². The summed E-state index contributed by atoms with van der Waals surface area (Å²) in [6.07, 6.45) is 11.8. The molecule has 0 bridgehead atoms. The first kappa shape index (κ1) is 19.2. The molecular weight excluding hydrogens is 282 g/mol. The molecule has 0 rings (SSSR count). The third kappa shape index (κ3) is 18.2. The van der Waals surface area contributed by atoms with Crippen LogP contribution in [0.25, 0.3) is 0 Å². The zero-order chi connectivity index (χ0) is 14.4. The fraction of sp³-hybridized carbons (Fsp3) is 1.00. The van der Waals surface area contributed by atoms with E-state index in [0.29, 0.717) is 23.1 Å². The van der Waals surface area contributed by atoms with Crippen LogP contribution in [-0.4, -0.2) is 31.8 Å². The summed E-state index contributed by atoms with van der Waals surface area (Å²) >= 11 is 0. The summed E-state index contributed by atoms with van der Waals surface area (Å²) in [6, 6.07) is 0. The van der Waals surface area contributed by atoms with E-state index in [2.05, 4.69) is 12.2 Å². The Morgan fingerprint density at radius 1 is 0.895 bits per heavy atom. The first-order chi connectivity index (χ1) is 9.06. The first-order valence-electron chi connectivity index (χ1n) is 7.39. The van der Waals surface area contributed by atoms with Crippen molar-refractivity contribution in [2.45, 2.75) is 64.7 Å². The molecule has 19 heavy (non-hydrogen) atoms. The lowest BCUT2D eigenvalue weighted by Crippen LogP contribution is -2.18. The Kier molecular flexibility index (Phi) is 13.4. The monoisotopic (exact) mass is 311 g/mol. The van der Waals surface area contributed by atoms with Crippen LogP contribution in [0.1, 0.15) is 64.7 Å². The molecule has 0 saturated carbocycles. The molecule has 0 aliphatic heterocycles. The molecule has 0 radical (unpaired) electrons. The molecule has 2 N–H and O–H groups in total. The highest BCUT2D eigenvalue weighted by molar-refractivity contribution is 8.69. The van der Waals surface area contributed by atoms with Gasteiger partial charge in [0.15, 0.2) is 0 Å². The summed E-state index contributed by atoms with van der Waals surface area (Å²) in [5.74, 6) is 0.399. The molecule has 0 aromatic rings. The molecular formula is C13H29NO3S2. The second-order valence-electron chi connectivity index (χ2n) is 4.83. The van der Waals surface area contributed by atoms with E-state index in [1.807, 2.05) is 0 Å². The van der Waals surface area contributed by atoms with Crippen molar-refractivity contribution < 1.29 is 13.0 Å². The van der Waals surface area contributed by atoms with E-state index in [0.717, 1.165) is 13.0 Å². The lowest BCUT2D eigenvalue weighted by molar-refractivity contribution is 0.503. The van der Waals surface area contributed by atoms with E-state index in [1.165, 1.54) is 51.4 Å². The Morgan fingerprint density at radius 3 is 1.95 bits per heavy atom. The molecule has 0 aromatic carbocycles. The summed E-state index contributed by atoms with van der Waals surface area (Å²) in [5, 5.41) is 3.18. The van der Waals surface area contributed by atoms with Crippen molar-refractivity contribution in [3.8, 4) is 0 Å². The van der Waals surface area contributed by atoms with Crippen molar-refractivity contribution in [2.24, 2.45) is 0 Å². The van der Waals surface area contributed by atoms with Gasteiger partial charge in [-0.1, -0.05) is 58.3 Å². The maximum Gasteiger partial charge on any atom is 0.319 e. The van der Waals surface area contributed by atoms with Crippen molar-refractivity contribution >= 4 is 19.9 Å². The van der Waals surface area contributed by atoms with E-state index in [-0.39, 0.29) is 0 Å². The third-order valence-corrected chi connectivity index (χ3v) is 5.03. The molecule has 0 fully saturated rings. The first-order valence-corrected chi connectivity index (χ1v) is 10.3. The molecule has 0 unspecified atom stereocenters. The summed E-state index contributed by atoms with van der Waals surface area (Å²) in [5.41, 5.74) is 0. The van der Waals surface area contributed by atoms with Crippen molar-refractivity contribution in [3.05, 3.63) is 0 Å². The number of rotatable bonds is 14. The van der Waals surface area contributed by atoms with Crippen molar-refractivity contribution in [1.29, 1.82) is 0 Å². The van der Waals surface area contributed by atoms with Crippen molar-refractivity contribution in [1.82, 2.24) is 5.32 Å². The second-order valence-corrected chi connectivity index (χ2v) is 8.30. The van der Waals surface area contributed by atoms with Gasteiger partial charge in [-0.3, -0.25) is 4.55 Å². The Hall–Kier alpha value is 0.220. The predicted octanol–water partition coefficient (Wildman–Crippen LogP) is 3.64. The molecule has 0 atom stereocenters. The molecule has 0 spiro atoms. The summed E-state index contributed by atoms with van der Waals surface area (Å²) < 4.78 is 29.3. The summed E-state index contributed by atoms with van der Waals surface area (Å²) in [4.78, 5) is 0. The minimum Gasteiger partial charge on any atom is -0.316 e. The average Bonchev–Trinajstić information content (AvgIpc) is 2.34. The second kappa shape index (κ2) is 13.2. The SMILES string of the molecule is CCCCCCCCCCCNCCSS(=O)(=O)O. The van der Waals surface area contributed by atoms with Gasteiger partial charge in [-0.15, -0.1) is 0 Å². The fourth-order valence-electron chi connectivity index (χ4n) is 1.90. The van der Waals surface area contributed by atoms with Crippen LogP contribution in [-0.2, 0) is 9.15 Å². The molecule has 0 aromatic heterocycles. The minimum atomic E-state index is -3.86. The van der Waals surface area contributed by atoms with Gasteiger partial charge in [0.05, 0.1) is 0 Å². The highest BCUT2D eigenvalue weighted by Gasteiger charge is 2.03. The zero-order valence-corrected chi connectivity index (χ0v) is 13.7. The molecule has 6 heteroatoms. The number of hydrogen-bond acceptors (Lipinski definition) is 4. The largest absolute Gasteiger partial charge is 0.319 e. The van der Waals surface area contributed by atoms with Crippen LogP contribution in [0.2, 0.25) is 0 Å².